The molecule has 0 N–H and O–H groups in total. The Morgan fingerprint density at radius 2 is 1.83 bits per heavy atom. The quantitative estimate of drug-likeness (QED) is 0.583. The number of carbonyl (C=O) groups is 2. The Hall–Kier alpha value is -1.53. The van der Waals surface area contributed by atoms with Gasteiger partial charge < -0.3 is 0 Å². The van der Waals surface area contributed by atoms with Gasteiger partial charge in [0, 0.05) is 11.9 Å². The summed E-state index contributed by atoms with van der Waals surface area (Å²) in [5.74, 6) is -1.88. The third-order valence-corrected chi connectivity index (χ3v) is 3.67. The van der Waals surface area contributed by atoms with Crippen LogP contribution in [0.4, 0.5) is 0 Å². The number of benzene rings is 1. The number of nitrogens with zero attached hydrogens (tertiary/aromatic N) is 1. The summed E-state index contributed by atoms with van der Waals surface area (Å²) in [5, 5.41) is 0.814. The number of carbonyl (C=O) groups excluding carboxylic acids is 2. The first kappa shape index (κ1) is 14.5. The third-order valence-electron chi connectivity index (χ3n) is 2.34. The summed E-state index contributed by atoms with van der Waals surface area (Å²) in [7, 11) is 1.09. The van der Waals surface area contributed by atoms with Crippen LogP contribution in [0.15, 0.2) is 29.2 Å². The Morgan fingerprint density at radius 1 is 1.28 bits per heavy atom. The van der Waals surface area contributed by atoms with Crippen molar-refractivity contribution in [1.82, 2.24) is 5.06 Å². The van der Waals surface area contributed by atoms with Crippen molar-refractivity contribution in [3.8, 4) is 0 Å². The van der Waals surface area contributed by atoms with Gasteiger partial charge in [0.25, 0.3) is 0 Å². The lowest BCUT2D eigenvalue weighted by molar-refractivity contribution is -0.172. The molecule has 0 aliphatic carbocycles. The van der Waals surface area contributed by atoms with Crippen LogP contribution in [0.2, 0.25) is 0 Å². The van der Waals surface area contributed by atoms with E-state index in [1.807, 2.05) is 6.92 Å². The molecular formula is C12H15NO4S. The fourth-order valence-corrected chi connectivity index (χ4v) is 2.18. The van der Waals surface area contributed by atoms with Crippen molar-refractivity contribution in [3.05, 3.63) is 29.8 Å². The Bertz CT molecular complexity index is 469. The van der Waals surface area contributed by atoms with Crippen molar-refractivity contribution in [2.24, 2.45) is 0 Å². The van der Waals surface area contributed by atoms with Crippen LogP contribution in [-0.4, -0.2) is 40.9 Å². The Kier molecular flexibility index (Phi) is 5.18. The molecule has 0 fully saturated rings. The Labute approximate surface area is 108 Å². The Balaban J connectivity index is 2.68. The molecule has 0 radical (unpaired) electrons. The average molecular weight is 269 g/mol. The van der Waals surface area contributed by atoms with Gasteiger partial charge in [0.15, 0.2) is 0 Å². The van der Waals surface area contributed by atoms with Gasteiger partial charge in [-0.3, -0.25) is 18.6 Å². The first-order chi connectivity index (χ1) is 8.45. The van der Waals surface area contributed by atoms with E-state index < -0.39 is 22.5 Å². The van der Waals surface area contributed by atoms with Crippen molar-refractivity contribution >= 4 is 22.5 Å². The summed E-state index contributed by atoms with van der Waals surface area (Å²) in [6.07, 6.45) is 0. The SMILES string of the molecule is CON(C)C(=O)C(=O)C[S@](=O)c1ccc(C)cc1. The standard InChI is InChI=1S/C12H15NO4S/c1-9-4-6-10(7-5-9)18(16)8-11(14)12(15)13(2)17-3/h4-7H,8H2,1-3H3/t18-/m0/s1. The van der Waals surface area contributed by atoms with Crippen molar-refractivity contribution < 1.29 is 18.6 Å². The molecule has 6 heteroatoms. The van der Waals surface area contributed by atoms with Crippen molar-refractivity contribution in [1.29, 1.82) is 0 Å². The monoisotopic (exact) mass is 269 g/mol. The van der Waals surface area contributed by atoms with Crippen molar-refractivity contribution in [2.75, 3.05) is 19.9 Å². The zero-order valence-corrected chi connectivity index (χ0v) is 11.3. The normalized spacial score (nSPS) is 11.9. The largest absolute Gasteiger partial charge is 0.314 e. The molecule has 98 valence electrons. The van der Waals surface area contributed by atoms with Crippen molar-refractivity contribution in [2.45, 2.75) is 11.8 Å². The number of hydrogen-bond donors (Lipinski definition) is 0. The lowest BCUT2D eigenvalue weighted by atomic mass is 10.2. The second-order valence-corrected chi connectivity index (χ2v) is 5.16. The number of ketones is 1. The number of rotatable bonds is 5. The molecule has 0 aliphatic heterocycles. The van der Waals surface area contributed by atoms with Gasteiger partial charge >= 0.3 is 5.91 Å². The van der Waals surface area contributed by atoms with E-state index in [2.05, 4.69) is 4.84 Å². The highest BCUT2D eigenvalue weighted by molar-refractivity contribution is 7.86. The fraction of sp³-hybridized carbons (Fsp3) is 0.333. The minimum atomic E-state index is -1.51. The molecule has 0 bridgehead atoms. The first-order valence-electron chi connectivity index (χ1n) is 5.25. The van der Waals surface area contributed by atoms with Gasteiger partial charge in [-0.2, -0.15) is 0 Å². The predicted molar refractivity (Wildman–Crippen MR) is 67.2 cm³/mol. The zero-order valence-electron chi connectivity index (χ0n) is 10.5. The summed E-state index contributed by atoms with van der Waals surface area (Å²) < 4.78 is 11.9. The molecule has 1 aromatic carbocycles. The second kappa shape index (κ2) is 6.42. The van der Waals surface area contributed by atoms with E-state index in [1.54, 1.807) is 24.3 Å². The maximum Gasteiger partial charge on any atom is 0.314 e. The van der Waals surface area contributed by atoms with Gasteiger partial charge in [-0.25, -0.2) is 5.06 Å². The molecule has 0 spiro atoms. The predicted octanol–water partition coefficient (Wildman–Crippen LogP) is 0.692. The third kappa shape index (κ3) is 3.75. The lowest BCUT2D eigenvalue weighted by Crippen LogP contribution is -2.35. The molecule has 18 heavy (non-hydrogen) atoms. The van der Waals surface area contributed by atoms with Crippen LogP contribution in [0.3, 0.4) is 0 Å². The topological polar surface area (TPSA) is 63.7 Å². The van der Waals surface area contributed by atoms with Gasteiger partial charge in [0.05, 0.1) is 23.7 Å². The number of hydroxylamine groups is 2. The van der Waals surface area contributed by atoms with E-state index in [4.69, 9.17) is 0 Å². The van der Waals surface area contributed by atoms with E-state index in [9.17, 15) is 13.8 Å². The second-order valence-electron chi connectivity index (χ2n) is 3.71. The molecule has 0 heterocycles. The fourth-order valence-electron chi connectivity index (χ4n) is 1.21. The minimum absolute atomic E-state index is 0.338. The molecular weight excluding hydrogens is 254 g/mol. The van der Waals surface area contributed by atoms with Crippen LogP contribution in [0.25, 0.3) is 0 Å². The Morgan fingerprint density at radius 3 is 2.33 bits per heavy atom. The molecule has 0 saturated heterocycles. The van der Waals surface area contributed by atoms with Gasteiger partial charge in [-0.15, -0.1) is 0 Å². The number of aryl methyl sites for hydroxylation is 1. The van der Waals surface area contributed by atoms with E-state index in [-0.39, 0.29) is 5.75 Å². The summed E-state index contributed by atoms with van der Waals surface area (Å²) in [5.41, 5.74) is 1.04. The van der Waals surface area contributed by atoms with Crippen LogP contribution < -0.4 is 0 Å². The van der Waals surface area contributed by atoms with E-state index in [1.165, 1.54) is 14.2 Å². The van der Waals surface area contributed by atoms with Gasteiger partial charge in [0.2, 0.25) is 5.78 Å². The van der Waals surface area contributed by atoms with Crippen LogP contribution in [0, 0.1) is 6.92 Å². The highest BCUT2D eigenvalue weighted by Gasteiger charge is 2.21. The highest BCUT2D eigenvalue weighted by Crippen LogP contribution is 2.08. The minimum Gasteiger partial charge on any atom is -0.288 e. The molecule has 0 saturated carbocycles. The van der Waals surface area contributed by atoms with Crippen LogP contribution in [-0.2, 0) is 25.2 Å². The van der Waals surface area contributed by atoms with E-state index in [0.29, 0.717) is 4.90 Å². The van der Waals surface area contributed by atoms with Crippen LogP contribution >= 0.6 is 0 Å². The summed E-state index contributed by atoms with van der Waals surface area (Å²) >= 11 is 0. The smallest absolute Gasteiger partial charge is 0.288 e. The summed E-state index contributed by atoms with van der Waals surface area (Å²) in [4.78, 5) is 28.1. The average Bonchev–Trinajstić information content (AvgIpc) is 2.37. The number of hydrogen-bond acceptors (Lipinski definition) is 4. The summed E-state index contributed by atoms with van der Waals surface area (Å²) in [6, 6.07) is 6.98. The van der Waals surface area contributed by atoms with Gasteiger partial charge in [0.1, 0.15) is 0 Å². The van der Waals surface area contributed by atoms with Crippen LogP contribution in [0.5, 0.6) is 0 Å². The number of Topliss-reactive ketones (excluding diaryl/α,β-unsaturated/α-hetero) is 1. The van der Waals surface area contributed by atoms with E-state index >= 15 is 0 Å². The maximum atomic E-state index is 11.9. The molecule has 0 aliphatic rings. The maximum absolute atomic E-state index is 11.9. The lowest BCUT2D eigenvalue weighted by Gasteiger charge is -2.12. The molecule has 5 nitrogen and oxygen atoms in total. The van der Waals surface area contributed by atoms with Gasteiger partial charge in [-0.05, 0) is 19.1 Å². The van der Waals surface area contributed by atoms with E-state index in [0.717, 1.165) is 10.6 Å². The first-order valence-corrected chi connectivity index (χ1v) is 6.57. The molecule has 1 amide bonds. The number of amides is 1. The molecule has 1 rings (SSSR count). The molecule has 0 unspecified atom stereocenters. The van der Waals surface area contributed by atoms with Gasteiger partial charge in [-0.1, -0.05) is 17.7 Å². The molecule has 0 aromatic heterocycles. The summed E-state index contributed by atoms with van der Waals surface area (Å²) in [6.45, 7) is 1.91. The van der Waals surface area contributed by atoms with Crippen molar-refractivity contribution in [3.63, 3.8) is 0 Å². The number of likely N-dealkylation sites (N-methyl/N-ethyl adjacent to an activating group) is 1. The molecule has 1 aromatic rings. The molecule has 1 atom stereocenters. The van der Waals surface area contributed by atoms with Crippen LogP contribution in [0.1, 0.15) is 5.56 Å². The highest BCUT2D eigenvalue weighted by atomic mass is 32.2. The zero-order chi connectivity index (χ0) is 13.7.